The van der Waals surface area contributed by atoms with Crippen molar-refractivity contribution in [2.75, 3.05) is 16.4 Å². The Bertz CT molecular complexity index is 877. The van der Waals surface area contributed by atoms with E-state index in [-0.39, 0.29) is 11.9 Å². The van der Waals surface area contributed by atoms with Crippen LogP contribution in [0.15, 0.2) is 24.4 Å². The molecule has 0 aliphatic carbocycles. The van der Waals surface area contributed by atoms with E-state index in [4.69, 9.17) is 5.73 Å². The molecule has 8 nitrogen and oxygen atoms in total. The quantitative estimate of drug-likeness (QED) is 0.378. The molecular formula is C14H14IN7O. The highest BCUT2D eigenvalue weighted by atomic mass is 127. The molecule has 0 aliphatic rings. The molecule has 0 saturated carbocycles. The minimum atomic E-state index is -0.159. The summed E-state index contributed by atoms with van der Waals surface area (Å²) in [5.41, 5.74) is 8.70. The lowest BCUT2D eigenvalue weighted by Gasteiger charge is -2.10. The molecule has 0 aliphatic heterocycles. The summed E-state index contributed by atoms with van der Waals surface area (Å²) in [5.74, 6) is 0.605. The highest BCUT2D eigenvalue weighted by molar-refractivity contribution is 14.1. The maximum atomic E-state index is 11.4. The van der Waals surface area contributed by atoms with Crippen LogP contribution in [-0.4, -0.2) is 26.1 Å². The zero-order valence-electron chi connectivity index (χ0n) is 12.2. The van der Waals surface area contributed by atoms with Crippen molar-refractivity contribution in [3.8, 4) is 0 Å². The number of benzene rings is 1. The van der Waals surface area contributed by atoms with E-state index in [1.807, 2.05) is 6.07 Å². The zero-order chi connectivity index (χ0) is 16.4. The number of nitrogen functional groups attached to an aromatic ring is 1. The summed E-state index contributed by atoms with van der Waals surface area (Å²) in [6, 6.07) is 5.48. The van der Waals surface area contributed by atoms with Crippen molar-refractivity contribution in [2.24, 2.45) is 0 Å². The van der Waals surface area contributed by atoms with Crippen LogP contribution in [0.5, 0.6) is 0 Å². The van der Waals surface area contributed by atoms with Gasteiger partial charge < -0.3 is 16.4 Å². The van der Waals surface area contributed by atoms with Crippen molar-refractivity contribution in [1.82, 2.24) is 20.2 Å². The summed E-state index contributed by atoms with van der Waals surface area (Å²) in [5, 5.41) is 14.2. The molecule has 2 heterocycles. The second-order valence-electron chi connectivity index (χ2n) is 4.86. The zero-order valence-corrected chi connectivity index (χ0v) is 14.4. The summed E-state index contributed by atoms with van der Waals surface area (Å²) >= 11 is 2.26. The Labute approximate surface area is 145 Å². The van der Waals surface area contributed by atoms with E-state index in [2.05, 4.69) is 53.4 Å². The van der Waals surface area contributed by atoms with Gasteiger partial charge in [0.1, 0.15) is 11.3 Å². The van der Waals surface area contributed by atoms with E-state index < -0.39 is 0 Å². The van der Waals surface area contributed by atoms with E-state index in [0.717, 1.165) is 26.7 Å². The molecule has 0 spiro atoms. The fourth-order valence-electron chi connectivity index (χ4n) is 2.22. The molecule has 1 amide bonds. The first-order valence-electron chi connectivity index (χ1n) is 6.77. The van der Waals surface area contributed by atoms with Gasteiger partial charge in [-0.15, -0.1) is 0 Å². The molecule has 3 aromatic rings. The Morgan fingerprint density at radius 3 is 2.96 bits per heavy atom. The fourth-order valence-corrected chi connectivity index (χ4v) is 2.80. The Balaban J connectivity index is 2.07. The predicted molar refractivity (Wildman–Crippen MR) is 97.8 cm³/mol. The lowest BCUT2D eigenvalue weighted by atomic mass is 10.1. The van der Waals surface area contributed by atoms with Crippen molar-refractivity contribution < 1.29 is 4.79 Å². The van der Waals surface area contributed by atoms with Gasteiger partial charge in [0.05, 0.1) is 11.4 Å². The molecule has 9 heteroatoms. The number of aromatic nitrogens is 4. The van der Waals surface area contributed by atoms with Gasteiger partial charge in [-0.25, -0.2) is 4.98 Å². The maximum Gasteiger partial charge on any atom is 0.221 e. The molecule has 0 bridgehead atoms. The van der Waals surface area contributed by atoms with Gasteiger partial charge in [-0.05, 0) is 18.2 Å². The minimum Gasteiger partial charge on any atom is -0.368 e. The molecule has 3 rings (SSSR count). The SMILES string of the molecule is CC(=O)Nc1cc(Nc2ccnc(N)n2)cc2c(CI)[nH]nc12. The van der Waals surface area contributed by atoms with Gasteiger partial charge in [0, 0.05) is 28.6 Å². The Morgan fingerprint density at radius 2 is 2.26 bits per heavy atom. The molecule has 0 atom stereocenters. The minimum absolute atomic E-state index is 0.159. The van der Waals surface area contributed by atoms with Gasteiger partial charge in [0.15, 0.2) is 0 Å². The highest BCUT2D eigenvalue weighted by Gasteiger charge is 2.12. The Hall–Kier alpha value is -2.43. The number of carbonyl (C=O) groups excluding carboxylic acids is 1. The monoisotopic (exact) mass is 423 g/mol. The van der Waals surface area contributed by atoms with E-state index in [1.165, 1.54) is 6.92 Å². The van der Waals surface area contributed by atoms with Gasteiger partial charge >= 0.3 is 0 Å². The molecule has 118 valence electrons. The molecule has 1 aromatic carbocycles. The van der Waals surface area contributed by atoms with Gasteiger partial charge in [0.2, 0.25) is 11.9 Å². The summed E-state index contributed by atoms with van der Waals surface area (Å²) in [6.07, 6.45) is 1.58. The summed E-state index contributed by atoms with van der Waals surface area (Å²) in [6.45, 7) is 1.46. The van der Waals surface area contributed by atoms with Crippen molar-refractivity contribution in [1.29, 1.82) is 0 Å². The van der Waals surface area contributed by atoms with Crippen molar-refractivity contribution in [2.45, 2.75) is 11.4 Å². The maximum absolute atomic E-state index is 11.4. The van der Waals surface area contributed by atoms with Crippen LogP contribution in [0.4, 0.5) is 23.1 Å². The number of amides is 1. The summed E-state index contributed by atoms with van der Waals surface area (Å²) in [4.78, 5) is 19.4. The molecule has 5 N–H and O–H groups in total. The van der Waals surface area contributed by atoms with E-state index in [0.29, 0.717) is 11.5 Å². The van der Waals surface area contributed by atoms with Crippen LogP contribution in [0.25, 0.3) is 10.9 Å². The number of hydrogen-bond acceptors (Lipinski definition) is 6. The third-order valence-electron chi connectivity index (χ3n) is 3.13. The number of hydrogen-bond donors (Lipinski definition) is 4. The largest absolute Gasteiger partial charge is 0.368 e. The van der Waals surface area contributed by atoms with Crippen LogP contribution in [0.1, 0.15) is 12.6 Å². The summed E-state index contributed by atoms with van der Waals surface area (Å²) < 4.78 is 0.775. The average molecular weight is 423 g/mol. The number of carbonyl (C=O) groups is 1. The number of nitrogens with two attached hydrogens (primary N) is 1. The number of halogens is 1. The summed E-state index contributed by atoms with van der Waals surface area (Å²) in [7, 11) is 0. The number of nitrogens with one attached hydrogen (secondary N) is 3. The van der Waals surface area contributed by atoms with Gasteiger partial charge in [-0.1, -0.05) is 22.6 Å². The first kappa shape index (κ1) is 15.5. The molecule has 2 aromatic heterocycles. The van der Waals surface area contributed by atoms with Crippen molar-refractivity contribution >= 4 is 62.5 Å². The van der Waals surface area contributed by atoms with Crippen LogP contribution in [-0.2, 0) is 9.22 Å². The van der Waals surface area contributed by atoms with Crippen LogP contribution in [0.3, 0.4) is 0 Å². The smallest absolute Gasteiger partial charge is 0.221 e. The first-order chi connectivity index (χ1) is 11.1. The third kappa shape index (κ3) is 3.33. The second-order valence-corrected chi connectivity index (χ2v) is 5.62. The van der Waals surface area contributed by atoms with Crippen LogP contribution in [0.2, 0.25) is 0 Å². The number of fused-ring (bicyclic) bond motifs is 1. The molecular weight excluding hydrogens is 409 g/mol. The van der Waals surface area contributed by atoms with Crippen LogP contribution >= 0.6 is 22.6 Å². The number of aromatic amines is 1. The fraction of sp³-hybridized carbons (Fsp3) is 0.143. The average Bonchev–Trinajstić information content (AvgIpc) is 2.90. The van der Waals surface area contributed by atoms with Gasteiger partial charge in [-0.3, -0.25) is 9.89 Å². The van der Waals surface area contributed by atoms with E-state index in [1.54, 1.807) is 18.3 Å². The lowest BCUT2D eigenvalue weighted by molar-refractivity contribution is -0.114. The Kier molecular flexibility index (Phi) is 4.28. The predicted octanol–water partition coefficient (Wildman–Crippen LogP) is 2.57. The molecule has 0 unspecified atom stereocenters. The van der Waals surface area contributed by atoms with Crippen LogP contribution < -0.4 is 16.4 Å². The van der Waals surface area contributed by atoms with Crippen molar-refractivity contribution in [3.05, 3.63) is 30.1 Å². The molecule has 23 heavy (non-hydrogen) atoms. The molecule has 0 fully saturated rings. The van der Waals surface area contributed by atoms with Crippen molar-refractivity contribution in [3.63, 3.8) is 0 Å². The van der Waals surface area contributed by atoms with Gasteiger partial charge in [0.25, 0.3) is 0 Å². The number of alkyl halides is 1. The molecule has 0 saturated heterocycles. The topological polar surface area (TPSA) is 122 Å². The van der Waals surface area contributed by atoms with Gasteiger partial charge in [-0.2, -0.15) is 10.1 Å². The number of H-pyrrole nitrogens is 1. The normalized spacial score (nSPS) is 10.7. The third-order valence-corrected chi connectivity index (χ3v) is 3.89. The first-order valence-corrected chi connectivity index (χ1v) is 8.29. The lowest BCUT2D eigenvalue weighted by Crippen LogP contribution is -2.07. The Morgan fingerprint density at radius 1 is 1.43 bits per heavy atom. The highest BCUT2D eigenvalue weighted by Crippen LogP contribution is 2.31. The number of rotatable bonds is 4. The van der Waals surface area contributed by atoms with E-state index >= 15 is 0 Å². The second kappa shape index (κ2) is 6.36. The van der Waals surface area contributed by atoms with Crippen LogP contribution in [0, 0.1) is 0 Å². The van der Waals surface area contributed by atoms with E-state index in [9.17, 15) is 4.79 Å². The number of anilines is 4. The molecule has 0 radical (unpaired) electrons. The number of nitrogens with zero attached hydrogens (tertiary/aromatic N) is 3. The standard InChI is InChI=1S/C14H14IN7O/c1-7(23)18-10-5-8(19-12-2-3-17-14(16)20-12)4-9-11(6-15)21-22-13(9)10/h2-5H,6H2,1H3,(H,18,23)(H,21,22)(H3,16,17,19,20).